The number of anilines is 1. The van der Waals surface area contributed by atoms with Crippen molar-refractivity contribution in [3.8, 4) is 5.75 Å². The maximum Gasteiger partial charge on any atom is 0.273 e. The molecule has 6 nitrogen and oxygen atoms in total. The van der Waals surface area contributed by atoms with Crippen molar-refractivity contribution in [1.29, 1.82) is 0 Å². The van der Waals surface area contributed by atoms with Crippen molar-refractivity contribution >= 4 is 29.3 Å². The molecule has 0 spiro atoms. The van der Waals surface area contributed by atoms with Crippen LogP contribution in [0.25, 0.3) is 5.57 Å². The van der Waals surface area contributed by atoms with E-state index in [2.05, 4.69) is 22.4 Å². The molecule has 2 amide bonds. The van der Waals surface area contributed by atoms with Crippen LogP contribution in [0.2, 0.25) is 0 Å². The molecule has 0 aliphatic carbocycles. The Morgan fingerprint density at radius 1 is 0.935 bits per heavy atom. The summed E-state index contributed by atoms with van der Waals surface area (Å²) in [7, 11) is 0. The minimum Gasteiger partial charge on any atom is -0.507 e. The number of hydrogen-bond acceptors (Lipinski definition) is 4. The summed E-state index contributed by atoms with van der Waals surface area (Å²) in [4.78, 5) is 25.0. The molecule has 0 aliphatic heterocycles. The maximum absolute atomic E-state index is 13.9. The summed E-state index contributed by atoms with van der Waals surface area (Å²) in [6.07, 6.45) is 1.31. The monoisotopic (exact) mass is 417 g/mol. The van der Waals surface area contributed by atoms with Gasteiger partial charge in [-0.1, -0.05) is 43.0 Å². The fourth-order valence-corrected chi connectivity index (χ4v) is 2.86. The van der Waals surface area contributed by atoms with E-state index < -0.39 is 17.6 Å². The van der Waals surface area contributed by atoms with Gasteiger partial charge in [0.05, 0.1) is 23.0 Å². The quantitative estimate of drug-likeness (QED) is 0.405. The smallest absolute Gasteiger partial charge is 0.273 e. The highest BCUT2D eigenvalue weighted by Gasteiger charge is 2.16. The lowest BCUT2D eigenvalue weighted by atomic mass is 10.0. The van der Waals surface area contributed by atoms with Crippen LogP contribution in [0, 0.1) is 5.82 Å². The SMILES string of the molecule is C=C(C)c1cccc(/C=N/NC(=O)c2ccccc2NC(=O)c2ccccc2F)c1O. The summed E-state index contributed by atoms with van der Waals surface area (Å²) in [6, 6.07) is 16.9. The molecule has 31 heavy (non-hydrogen) atoms. The summed E-state index contributed by atoms with van der Waals surface area (Å²) in [5, 5.41) is 16.7. The van der Waals surface area contributed by atoms with Gasteiger partial charge in [-0.15, -0.1) is 0 Å². The van der Waals surface area contributed by atoms with Crippen LogP contribution in [0.15, 0.2) is 78.4 Å². The number of hydrazone groups is 1. The molecule has 0 radical (unpaired) electrons. The Labute approximate surface area is 178 Å². The molecule has 3 N–H and O–H groups in total. The molecule has 3 aromatic carbocycles. The summed E-state index contributed by atoms with van der Waals surface area (Å²) < 4.78 is 13.9. The first-order valence-corrected chi connectivity index (χ1v) is 9.34. The first kappa shape index (κ1) is 21.4. The molecule has 0 aliphatic rings. The van der Waals surface area contributed by atoms with Crippen LogP contribution in [0.3, 0.4) is 0 Å². The van der Waals surface area contributed by atoms with E-state index in [0.717, 1.165) is 0 Å². The third kappa shape index (κ3) is 5.02. The first-order chi connectivity index (χ1) is 14.9. The highest BCUT2D eigenvalue weighted by molar-refractivity contribution is 6.09. The van der Waals surface area contributed by atoms with Crippen molar-refractivity contribution in [2.75, 3.05) is 5.32 Å². The third-order valence-electron chi connectivity index (χ3n) is 4.44. The summed E-state index contributed by atoms with van der Waals surface area (Å²) in [5.74, 6) is -1.92. The van der Waals surface area contributed by atoms with E-state index >= 15 is 0 Å². The molecule has 0 saturated carbocycles. The second kappa shape index (κ2) is 9.49. The number of nitrogens with one attached hydrogen (secondary N) is 2. The van der Waals surface area contributed by atoms with E-state index in [-0.39, 0.29) is 22.6 Å². The molecule has 0 aromatic heterocycles. The Balaban J connectivity index is 1.76. The van der Waals surface area contributed by atoms with Gasteiger partial charge < -0.3 is 10.4 Å². The van der Waals surface area contributed by atoms with Gasteiger partial charge in [-0.05, 0) is 42.8 Å². The zero-order valence-corrected chi connectivity index (χ0v) is 16.7. The van der Waals surface area contributed by atoms with E-state index in [9.17, 15) is 19.1 Å². The fourth-order valence-electron chi connectivity index (χ4n) is 2.86. The summed E-state index contributed by atoms with van der Waals surface area (Å²) in [5.41, 5.74) is 4.25. The molecular formula is C24H20FN3O3. The van der Waals surface area contributed by atoms with Gasteiger partial charge in [0.2, 0.25) is 0 Å². The Bertz CT molecular complexity index is 1190. The Morgan fingerprint density at radius 3 is 2.29 bits per heavy atom. The van der Waals surface area contributed by atoms with Crippen LogP contribution in [0.4, 0.5) is 10.1 Å². The molecule has 3 rings (SSSR count). The number of nitrogens with zero attached hydrogens (tertiary/aromatic N) is 1. The third-order valence-corrected chi connectivity index (χ3v) is 4.44. The second-order valence-corrected chi connectivity index (χ2v) is 6.70. The van der Waals surface area contributed by atoms with E-state index in [4.69, 9.17) is 0 Å². The van der Waals surface area contributed by atoms with Gasteiger partial charge in [0.25, 0.3) is 11.8 Å². The number of aromatic hydroxyl groups is 1. The fraction of sp³-hybridized carbons (Fsp3) is 0.0417. The number of benzene rings is 3. The van der Waals surface area contributed by atoms with Crippen molar-refractivity contribution in [3.63, 3.8) is 0 Å². The number of carbonyl (C=O) groups excluding carboxylic acids is 2. The summed E-state index contributed by atoms with van der Waals surface area (Å²) >= 11 is 0. The normalized spacial score (nSPS) is 10.6. The lowest BCUT2D eigenvalue weighted by Gasteiger charge is -2.10. The molecule has 0 bridgehead atoms. The van der Waals surface area contributed by atoms with Crippen molar-refractivity contribution in [3.05, 3.63) is 101 Å². The Kier molecular flexibility index (Phi) is 6.57. The highest BCUT2D eigenvalue weighted by Crippen LogP contribution is 2.26. The van der Waals surface area contributed by atoms with Crippen LogP contribution in [-0.4, -0.2) is 23.1 Å². The van der Waals surface area contributed by atoms with E-state index in [0.29, 0.717) is 16.7 Å². The summed E-state index contributed by atoms with van der Waals surface area (Å²) in [6.45, 7) is 5.57. The Morgan fingerprint density at radius 2 is 1.58 bits per heavy atom. The minimum atomic E-state index is -0.677. The predicted octanol–water partition coefficient (Wildman–Crippen LogP) is 4.58. The number of phenolic OH excluding ortho intramolecular Hbond substituents is 1. The van der Waals surface area contributed by atoms with Crippen LogP contribution >= 0.6 is 0 Å². The molecular weight excluding hydrogens is 397 g/mol. The first-order valence-electron chi connectivity index (χ1n) is 9.34. The van der Waals surface area contributed by atoms with Gasteiger partial charge in [-0.3, -0.25) is 9.59 Å². The molecule has 0 unspecified atom stereocenters. The molecule has 0 atom stereocenters. The molecule has 0 fully saturated rings. The molecule has 0 saturated heterocycles. The van der Waals surface area contributed by atoms with Gasteiger partial charge in [0.15, 0.2) is 0 Å². The van der Waals surface area contributed by atoms with E-state index in [1.807, 2.05) is 0 Å². The standard InChI is InChI=1S/C24H20FN3O3/c1-15(2)17-11-7-8-16(22(17)29)14-26-28-24(31)19-10-4-6-13-21(19)27-23(30)18-9-3-5-12-20(18)25/h3-14,29H,1H2,2H3,(H,27,30)(H,28,31)/b26-14+. The van der Waals surface area contributed by atoms with E-state index in [1.54, 1.807) is 43.3 Å². The van der Waals surface area contributed by atoms with E-state index in [1.165, 1.54) is 36.5 Å². The van der Waals surface area contributed by atoms with Crippen molar-refractivity contribution < 1.29 is 19.1 Å². The average molecular weight is 417 g/mol. The molecule has 3 aromatic rings. The highest BCUT2D eigenvalue weighted by atomic mass is 19.1. The van der Waals surface area contributed by atoms with Gasteiger partial charge >= 0.3 is 0 Å². The molecule has 0 heterocycles. The topological polar surface area (TPSA) is 90.8 Å². The van der Waals surface area contributed by atoms with Gasteiger partial charge in [-0.2, -0.15) is 5.10 Å². The maximum atomic E-state index is 13.9. The molecule has 7 heteroatoms. The van der Waals surface area contributed by atoms with Crippen LogP contribution in [0.1, 0.15) is 38.8 Å². The minimum absolute atomic E-state index is 0.00514. The second-order valence-electron chi connectivity index (χ2n) is 6.70. The zero-order chi connectivity index (χ0) is 22.4. The van der Waals surface area contributed by atoms with Gasteiger partial charge in [-0.25, -0.2) is 9.82 Å². The number of allylic oxidation sites excluding steroid dienone is 1. The molecule has 156 valence electrons. The predicted molar refractivity (Wildman–Crippen MR) is 119 cm³/mol. The number of hydrogen-bond donors (Lipinski definition) is 3. The number of amides is 2. The van der Waals surface area contributed by atoms with Crippen LogP contribution < -0.4 is 10.7 Å². The Hall–Kier alpha value is -4.26. The number of phenols is 1. The van der Waals surface area contributed by atoms with Crippen molar-refractivity contribution in [1.82, 2.24) is 5.43 Å². The number of halogens is 1. The average Bonchev–Trinajstić information content (AvgIpc) is 2.75. The number of rotatable bonds is 6. The van der Waals surface area contributed by atoms with Gasteiger partial charge in [0.1, 0.15) is 11.6 Å². The van der Waals surface area contributed by atoms with Crippen LogP contribution in [-0.2, 0) is 0 Å². The van der Waals surface area contributed by atoms with Crippen molar-refractivity contribution in [2.45, 2.75) is 6.92 Å². The largest absolute Gasteiger partial charge is 0.507 e. The van der Waals surface area contributed by atoms with Gasteiger partial charge in [0, 0.05) is 11.1 Å². The van der Waals surface area contributed by atoms with Crippen LogP contribution in [0.5, 0.6) is 5.75 Å². The zero-order valence-electron chi connectivity index (χ0n) is 16.7. The number of carbonyl (C=O) groups is 2. The lowest BCUT2D eigenvalue weighted by molar-refractivity contribution is 0.0956. The lowest BCUT2D eigenvalue weighted by Crippen LogP contribution is -2.21. The number of para-hydroxylation sites is 2. The van der Waals surface area contributed by atoms with Crippen molar-refractivity contribution in [2.24, 2.45) is 5.10 Å².